The number of para-hydroxylation sites is 2. The highest BCUT2D eigenvalue weighted by Crippen LogP contribution is 2.25. The van der Waals surface area contributed by atoms with Gasteiger partial charge in [0.05, 0.1) is 17.7 Å². The van der Waals surface area contributed by atoms with Gasteiger partial charge in [-0.15, -0.1) is 0 Å². The fourth-order valence-electron chi connectivity index (χ4n) is 0.868. The van der Waals surface area contributed by atoms with E-state index in [1.165, 1.54) is 12.0 Å². The Balaban J connectivity index is 2.68. The van der Waals surface area contributed by atoms with E-state index in [1.807, 2.05) is 31.3 Å². The van der Waals surface area contributed by atoms with Crippen molar-refractivity contribution in [3.05, 3.63) is 24.3 Å². The van der Waals surface area contributed by atoms with Gasteiger partial charge >= 0.3 is 0 Å². The van der Waals surface area contributed by atoms with Crippen LogP contribution in [0.15, 0.2) is 24.3 Å². The second-order valence-electron chi connectivity index (χ2n) is 2.24. The molecular weight excluding hydrogens is 170 g/mol. The average Bonchev–Trinajstić information content (AvgIpc) is 2.15. The Bertz CT molecular complexity index is 240. The Labute approximate surface area is 77.5 Å². The van der Waals surface area contributed by atoms with Gasteiger partial charge in [0.15, 0.2) is 5.75 Å². The summed E-state index contributed by atoms with van der Waals surface area (Å²) < 4.78 is 5.43. The third-order valence-corrected chi connectivity index (χ3v) is 1.96. The topological polar surface area (TPSA) is 21.3 Å². The van der Waals surface area contributed by atoms with Gasteiger partial charge in [-0.3, -0.25) is 0 Å². The minimum absolute atomic E-state index is 0.895. The second kappa shape index (κ2) is 4.93. The normalized spacial score (nSPS) is 9.50. The van der Waals surface area contributed by atoms with Crippen molar-refractivity contribution in [2.24, 2.45) is 0 Å². The van der Waals surface area contributed by atoms with Gasteiger partial charge in [0, 0.05) is 12.8 Å². The molecule has 0 aromatic heterocycles. The van der Waals surface area contributed by atoms with E-state index in [4.69, 9.17) is 4.18 Å². The fraction of sp³-hybridized carbons (Fsp3) is 0.333. The number of nitrogens with one attached hydrogen (secondary N) is 1. The molecule has 1 rings (SSSR count). The number of hydrogen-bond acceptors (Lipinski definition) is 3. The van der Waals surface area contributed by atoms with Gasteiger partial charge in [-0.2, -0.15) is 0 Å². The third-order valence-electron chi connectivity index (χ3n) is 1.42. The molecule has 0 bridgehead atoms. The van der Waals surface area contributed by atoms with Crippen LogP contribution in [-0.4, -0.2) is 12.8 Å². The summed E-state index contributed by atoms with van der Waals surface area (Å²) in [6, 6.07) is 7.89. The molecule has 0 amide bonds. The monoisotopic (exact) mass is 183 g/mol. The zero-order chi connectivity index (χ0) is 8.81. The maximum Gasteiger partial charge on any atom is 0.160 e. The van der Waals surface area contributed by atoms with Gasteiger partial charge in [0.2, 0.25) is 0 Å². The van der Waals surface area contributed by atoms with E-state index in [2.05, 4.69) is 12.2 Å². The van der Waals surface area contributed by atoms with Gasteiger partial charge in [0.1, 0.15) is 0 Å². The van der Waals surface area contributed by atoms with Crippen LogP contribution < -0.4 is 9.50 Å². The zero-order valence-corrected chi connectivity index (χ0v) is 8.15. The van der Waals surface area contributed by atoms with Crippen LogP contribution in [0.5, 0.6) is 5.75 Å². The van der Waals surface area contributed by atoms with Gasteiger partial charge < -0.3 is 9.50 Å². The van der Waals surface area contributed by atoms with Gasteiger partial charge in [-0.1, -0.05) is 19.1 Å². The highest BCUT2D eigenvalue weighted by Gasteiger charge is 1.99. The van der Waals surface area contributed by atoms with Crippen molar-refractivity contribution in [1.82, 2.24) is 0 Å². The van der Waals surface area contributed by atoms with Crippen molar-refractivity contribution in [2.45, 2.75) is 6.92 Å². The van der Waals surface area contributed by atoms with Crippen molar-refractivity contribution in [3.63, 3.8) is 0 Å². The van der Waals surface area contributed by atoms with Crippen LogP contribution in [0.3, 0.4) is 0 Å². The summed E-state index contributed by atoms with van der Waals surface area (Å²) in [5.74, 6) is 1.85. The van der Waals surface area contributed by atoms with Crippen LogP contribution in [0.4, 0.5) is 5.69 Å². The van der Waals surface area contributed by atoms with Crippen LogP contribution in [0.2, 0.25) is 0 Å². The highest BCUT2D eigenvalue weighted by molar-refractivity contribution is 7.94. The molecule has 0 heterocycles. The van der Waals surface area contributed by atoms with Crippen LogP contribution in [0.25, 0.3) is 0 Å². The van der Waals surface area contributed by atoms with Gasteiger partial charge in [-0.25, -0.2) is 0 Å². The summed E-state index contributed by atoms with van der Waals surface area (Å²) in [7, 11) is 1.89. The predicted molar refractivity (Wildman–Crippen MR) is 54.7 cm³/mol. The lowest BCUT2D eigenvalue weighted by atomic mass is 10.3. The van der Waals surface area contributed by atoms with Crippen LogP contribution in [0, 0.1) is 0 Å². The first kappa shape index (κ1) is 9.26. The van der Waals surface area contributed by atoms with Crippen LogP contribution in [-0.2, 0) is 0 Å². The minimum atomic E-state index is 0.895. The molecule has 0 aliphatic rings. The Morgan fingerprint density at radius 3 is 2.83 bits per heavy atom. The molecule has 0 fully saturated rings. The molecule has 66 valence electrons. The number of benzene rings is 1. The molecule has 0 spiro atoms. The molecule has 0 unspecified atom stereocenters. The first-order chi connectivity index (χ1) is 5.88. The van der Waals surface area contributed by atoms with E-state index in [0.29, 0.717) is 0 Å². The molecular formula is C9H13NOS. The van der Waals surface area contributed by atoms with E-state index in [1.54, 1.807) is 0 Å². The zero-order valence-electron chi connectivity index (χ0n) is 7.33. The summed E-state index contributed by atoms with van der Waals surface area (Å²) in [6.45, 7) is 2.06. The second-order valence-corrected chi connectivity index (χ2v) is 3.22. The Morgan fingerprint density at radius 1 is 1.42 bits per heavy atom. The largest absolute Gasteiger partial charge is 0.424 e. The van der Waals surface area contributed by atoms with E-state index in [-0.39, 0.29) is 0 Å². The van der Waals surface area contributed by atoms with Crippen molar-refractivity contribution in [3.8, 4) is 5.75 Å². The Morgan fingerprint density at radius 2 is 2.17 bits per heavy atom. The molecule has 1 aromatic carbocycles. The van der Waals surface area contributed by atoms with Gasteiger partial charge in [-0.05, 0) is 12.1 Å². The molecule has 0 aliphatic carbocycles. The third kappa shape index (κ3) is 2.34. The summed E-state index contributed by atoms with van der Waals surface area (Å²) >= 11 is 1.45. The molecule has 0 atom stereocenters. The van der Waals surface area contributed by atoms with Crippen molar-refractivity contribution < 1.29 is 4.18 Å². The lowest BCUT2D eigenvalue weighted by Gasteiger charge is -2.07. The Kier molecular flexibility index (Phi) is 3.80. The van der Waals surface area contributed by atoms with Gasteiger partial charge in [0.25, 0.3) is 0 Å². The predicted octanol–water partition coefficient (Wildman–Crippen LogP) is 2.78. The summed E-state index contributed by atoms with van der Waals surface area (Å²) in [5.41, 5.74) is 1.03. The maximum atomic E-state index is 5.43. The summed E-state index contributed by atoms with van der Waals surface area (Å²) in [4.78, 5) is 0. The molecule has 0 radical (unpaired) electrons. The van der Waals surface area contributed by atoms with Crippen molar-refractivity contribution >= 4 is 17.7 Å². The molecule has 0 saturated carbocycles. The fourth-order valence-corrected chi connectivity index (χ4v) is 1.26. The van der Waals surface area contributed by atoms with E-state index < -0.39 is 0 Å². The number of rotatable bonds is 4. The molecule has 1 N–H and O–H groups in total. The Hall–Kier alpha value is -0.830. The summed E-state index contributed by atoms with van der Waals surface area (Å²) in [5, 5.41) is 3.07. The maximum absolute atomic E-state index is 5.43. The molecule has 0 aliphatic heterocycles. The smallest absolute Gasteiger partial charge is 0.160 e. The first-order valence-electron chi connectivity index (χ1n) is 3.94. The lowest BCUT2D eigenvalue weighted by Crippen LogP contribution is -1.91. The number of anilines is 1. The van der Waals surface area contributed by atoms with E-state index in [9.17, 15) is 0 Å². The standard InChI is InChI=1S/C9H13NOS/c1-3-12-11-9-7-5-4-6-8(9)10-2/h4-7,10H,3H2,1-2H3. The molecule has 12 heavy (non-hydrogen) atoms. The quantitative estimate of drug-likeness (QED) is 0.725. The highest BCUT2D eigenvalue weighted by atomic mass is 32.2. The van der Waals surface area contributed by atoms with Crippen LogP contribution in [0.1, 0.15) is 6.92 Å². The number of hydrogen-bond donors (Lipinski definition) is 1. The SMILES string of the molecule is CCSOc1ccccc1NC. The summed E-state index contributed by atoms with van der Waals surface area (Å²) in [6.07, 6.45) is 0. The van der Waals surface area contributed by atoms with Crippen molar-refractivity contribution in [1.29, 1.82) is 0 Å². The van der Waals surface area contributed by atoms with E-state index >= 15 is 0 Å². The lowest BCUT2D eigenvalue weighted by molar-refractivity contribution is 0.649. The van der Waals surface area contributed by atoms with Crippen LogP contribution >= 0.6 is 12.0 Å². The minimum Gasteiger partial charge on any atom is -0.424 e. The average molecular weight is 183 g/mol. The molecule has 1 aromatic rings. The molecule has 2 nitrogen and oxygen atoms in total. The molecule has 0 saturated heterocycles. The molecule has 3 heteroatoms. The van der Waals surface area contributed by atoms with Crippen molar-refractivity contribution in [2.75, 3.05) is 18.1 Å². The van der Waals surface area contributed by atoms with E-state index in [0.717, 1.165) is 17.2 Å². The first-order valence-corrected chi connectivity index (χ1v) is 4.85.